The van der Waals surface area contributed by atoms with E-state index in [1.165, 1.54) is 31.4 Å². The van der Waals surface area contributed by atoms with Crippen LogP contribution in [0.2, 0.25) is 0 Å². The fraction of sp³-hybridized carbons (Fsp3) is 0.364. The van der Waals surface area contributed by atoms with E-state index in [4.69, 9.17) is 14.2 Å². The minimum atomic E-state index is -0.601. The van der Waals surface area contributed by atoms with Crippen molar-refractivity contribution in [2.75, 3.05) is 19.5 Å². The van der Waals surface area contributed by atoms with E-state index in [1.54, 1.807) is 25.3 Å². The van der Waals surface area contributed by atoms with E-state index >= 15 is 0 Å². The highest BCUT2D eigenvalue weighted by Crippen LogP contribution is 2.26. The van der Waals surface area contributed by atoms with E-state index in [1.807, 2.05) is 0 Å². The molecule has 0 radical (unpaired) electrons. The molecular formula is C22H25FN2O5. The van der Waals surface area contributed by atoms with Crippen LogP contribution >= 0.6 is 0 Å². The molecule has 1 aliphatic rings. The van der Waals surface area contributed by atoms with Gasteiger partial charge < -0.3 is 19.5 Å². The van der Waals surface area contributed by atoms with E-state index in [0.29, 0.717) is 29.2 Å². The van der Waals surface area contributed by atoms with Gasteiger partial charge in [-0.2, -0.15) is 0 Å². The Morgan fingerprint density at radius 1 is 1.03 bits per heavy atom. The number of rotatable bonds is 6. The lowest BCUT2D eigenvalue weighted by atomic mass is 9.92. The zero-order valence-electron chi connectivity index (χ0n) is 16.9. The molecule has 7 nitrogen and oxygen atoms in total. The van der Waals surface area contributed by atoms with Crippen LogP contribution in [0.4, 0.5) is 14.9 Å². The third-order valence-corrected chi connectivity index (χ3v) is 4.98. The number of anilines is 1. The minimum absolute atomic E-state index is 0.123. The van der Waals surface area contributed by atoms with Crippen molar-refractivity contribution in [2.24, 2.45) is 0 Å². The van der Waals surface area contributed by atoms with Crippen molar-refractivity contribution >= 4 is 17.7 Å². The number of benzene rings is 2. The second-order valence-electron chi connectivity index (χ2n) is 7.06. The molecule has 1 fully saturated rings. The number of hydrogen-bond donors (Lipinski definition) is 2. The SMILES string of the molecule is COc1ccc(C(=O)N[C@H]2CCC[C@@H](OC(=O)Nc3ccc(F)cc3)C2)c(OC)c1. The Balaban J connectivity index is 1.55. The number of carbonyl (C=O) groups excluding carboxylic acids is 2. The van der Waals surface area contributed by atoms with Gasteiger partial charge in [-0.05, 0) is 55.7 Å². The Bertz CT molecular complexity index is 888. The average molecular weight is 416 g/mol. The summed E-state index contributed by atoms with van der Waals surface area (Å²) in [6.07, 6.45) is 1.93. The lowest BCUT2D eigenvalue weighted by Crippen LogP contribution is -2.41. The Kier molecular flexibility index (Phi) is 7.11. The van der Waals surface area contributed by atoms with Crippen LogP contribution in [-0.4, -0.2) is 38.4 Å². The monoisotopic (exact) mass is 416 g/mol. The lowest BCUT2D eigenvalue weighted by molar-refractivity contribution is 0.0712. The van der Waals surface area contributed by atoms with Crippen LogP contribution in [0.3, 0.4) is 0 Å². The maximum atomic E-state index is 13.0. The van der Waals surface area contributed by atoms with Gasteiger partial charge in [0, 0.05) is 24.2 Å². The van der Waals surface area contributed by atoms with Gasteiger partial charge in [0.05, 0.1) is 19.8 Å². The number of halogens is 1. The van der Waals surface area contributed by atoms with Crippen LogP contribution in [0.1, 0.15) is 36.0 Å². The molecule has 0 aromatic heterocycles. The van der Waals surface area contributed by atoms with Crippen molar-refractivity contribution in [3.63, 3.8) is 0 Å². The predicted molar refractivity (Wildman–Crippen MR) is 110 cm³/mol. The van der Waals surface area contributed by atoms with Crippen molar-refractivity contribution in [3.05, 3.63) is 53.8 Å². The van der Waals surface area contributed by atoms with Gasteiger partial charge in [0.15, 0.2) is 0 Å². The standard InChI is InChI=1S/C22H25FN2O5/c1-28-17-10-11-19(20(13-17)29-2)21(26)24-16-4-3-5-18(12-16)30-22(27)25-15-8-6-14(23)7-9-15/h6-11,13,16,18H,3-5,12H2,1-2H3,(H,24,26)(H,25,27)/t16-,18+/m0/s1. The van der Waals surface area contributed by atoms with Crippen LogP contribution in [0.25, 0.3) is 0 Å². The Morgan fingerprint density at radius 3 is 2.50 bits per heavy atom. The summed E-state index contributed by atoms with van der Waals surface area (Å²) in [5.74, 6) is 0.389. The first-order valence-corrected chi connectivity index (χ1v) is 9.74. The molecule has 0 aliphatic heterocycles. The second-order valence-corrected chi connectivity index (χ2v) is 7.06. The highest BCUT2D eigenvalue weighted by molar-refractivity contribution is 5.97. The van der Waals surface area contributed by atoms with Gasteiger partial charge in [0.2, 0.25) is 0 Å². The van der Waals surface area contributed by atoms with E-state index in [-0.39, 0.29) is 23.9 Å². The summed E-state index contributed by atoms with van der Waals surface area (Å²) in [6.45, 7) is 0. The topological polar surface area (TPSA) is 85.9 Å². The number of carbonyl (C=O) groups is 2. The molecular weight excluding hydrogens is 391 g/mol. The molecule has 0 saturated heterocycles. The molecule has 160 valence electrons. The van der Waals surface area contributed by atoms with Crippen LogP contribution < -0.4 is 20.1 Å². The van der Waals surface area contributed by atoms with Crippen LogP contribution in [0.5, 0.6) is 11.5 Å². The van der Waals surface area contributed by atoms with Gasteiger partial charge in [-0.15, -0.1) is 0 Å². The van der Waals surface area contributed by atoms with Crippen LogP contribution in [0, 0.1) is 5.82 Å². The molecule has 8 heteroatoms. The highest BCUT2D eigenvalue weighted by Gasteiger charge is 2.27. The molecule has 2 aromatic rings. The molecule has 0 spiro atoms. The first-order valence-electron chi connectivity index (χ1n) is 9.74. The molecule has 2 amide bonds. The van der Waals surface area contributed by atoms with E-state index in [0.717, 1.165) is 19.3 Å². The molecule has 3 rings (SSSR count). The van der Waals surface area contributed by atoms with Crippen molar-refractivity contribution in [2.45, 2.75) is 37.8 Å². The number of methoxy groups -OCH3 is 2. The van der Waals surface area contributed by atoms with Crippen LogP contribution in [-0.2, 0) is 4.74 Å². The first kappa shape index (κ1) is 21.4. The molecule has 1 saturated carbocycles. The lowest BCUT2D eigenvalue weighted by Gasteiger charge is -2.29. The van der Waals surface area contributed by atoms with E-state index in [9.17, 15) is 14.0 Å². The Labute approximate surface area is 174 Å². The molecule has 0 bridgehead atoms. The maximum Gasteiger partial charge on any atom is 0.411 e. The molecule has 0 unspecified atom stereocenters. The highest BCUT2D eigenvalue weighted by atomic mass is 19.1. The average Bonchev–Trinajstić information content (AvgIpc) is 2.75. The molecule has 2 aromatic carbocycles. The number of nitrogens with one attached hydrogen (secondary N) is 2. The normalized spacial score (nSPS) is 18.2. The molecule has 0 heterocycles. The zero-order valence-corrected chi connectivity index (χ0v) is 16.9. The molecule has 1 aliphatic carbocycles. The third kappa shape index (κ3) is 5.62. The van der Waals surface area contributed by atoms with E-state index in [2.05, 4.69) is 10.6 Å². The maximum absolute atomic E-state index is 13.0. The number of hydrogen-bond acceptors (Lipinski definition) is 5. The van der Waals surface area contributed by atoms with Crippen molar-refractivity contribution < 1.29 is 28.2 Å². The summed E-state index contributed by atoms with van der Waals surface area (Å²) in [5.41, 5.74) is 0.865. The summed E-state index contributed by atoms with van der Waals surface area (Å²) in [6, 6.07) is 10.3. The van der Waals surface area contributed by atoms with Crippen molar-refractivity contribution in [1.29, 1.82) is 0 Å². The first-order chi connectivity index (χ1) is 14.5. The van der Waals surface area contributed by atoms with Crippen molar-refractivity contribution in [3.8, 4) is 11.5 Å². The Morgan fingerprint density at radius 2 is 1.80 bits per heavy atom. The second kappa shape index (κ2) is 9.96. The van der Waals surface area contributed by atoms with Crippen LogP contribution in [0.15, 0.2) is 42.5 Å². The smallest absolute Gasteiger partial charge is 0.411 e. The van der Waals surface area contributed by atoms with Crippen molar-refractivity contribution in [1.82, 2.24) is 5.32 Å². The van der Waals surface area contributed by atoms with Gasteiger partial charge in [-0.25, -0.2) is 9.18 Å². The fourth-order valence-electron chi connectivity index (χ4n) is 3.46. The number of amides is 2. The quantitative estimate of drug-likeness (QED) is 0.740. The molecule has 2 N–H and O–H groups in total. The van der Waals surface area contributed by atoms with Gasteiger partial charge >= 0.3 is 6.09 Å². The fourth-order valence-corrected chi connectivity index (χ4v) is 3.46. The van der Waals surface area contributed by atoms with Gasteiger partial charge in [-0.3, -0.25) is 10.1 Å². The minimum Gasteiger partial charge on any atom is -0.497 e. The summed E-state index contributed by atoms with van der Waals surface area (Å²) in [7, 11) is 3.04. The molecule has 30 heavy (non-hydrogen) atoms. The number of ether oxygens (including phenoxy) is 3. The van der Waals surface area contributed by atoms with Gasteiger partial charge in [0.25, 0.3) is 5.91 Å². The van der Waals surface area contributed by atoms with Gasteiger partial charge in [-0.1, -0.05) is 0 Å². The zero-order chi connectivity index (χ0) is 21.5. The summed E-state index contributed by atoms with van der Waals surface area (Å²) in [4.78, 5) is 24.8. The largest absolute Gasteiger partial charge is 0.497 e. The third-order valence-electron chi connectivity index (χ3n) is 4.98. The van der Waals surface area contributed by atoms with Gasteiger partial charge in [0.1, 0.15) is 23.4 Å². The summed E-state index contributed by atoms with van der Waals surface area (Å²) < 4.78 is 28.9. The van der Waals surface area contributed by atoms with E-state index < -0.39 is 6.09 Å². The molecule has 2 atom stereocenters. The summed E-state index contributed by atoms with van der Waals surface area (Å²) >= 11 is 0. The Hall–Kier alpha value is -3.29. The summed E-state index contributed by atoms with van der Waals surface area (Å²) in [5, 5.41) is 5.57. The predicted octanol–water partition coefficient (Wildman–Crippen LogP) is 4.13.